The van der Waals surface area contributed by atoms with Crippen LogP contribution in [0.2, 0.25) is 10.0 Å². The molecule has 1 aliphatic rings. The summed E-state index contributed by atoms with van der Waals surface area (Å²) in [5.41, 5.74) is 0.116. The fourth-order valence-corrected chi connectivity index (χ4v) is 6.15. The van der Waals surface area contributed by atoms with Gasteiger partial charge >= 0.3 is 5.76 Å². The van der Waals surface area contributed by atoms with Gasteiger partial charge in [-0.25, -0.2) is 16.8 Å². The monoisotopic (exact) mass is 484 g/mol. The summed E-state index contributed by atoms with van der Waals surface area (Å²) in [6.07, 6.45) is 0. The highest BCUT2D eigenvalue weighted by Crippen LogP contribution is 2.32. The smallest absolute Gasteiger partial charge is 0.341 e. The Balaban J connectivity index is 1.85. The highest BCUT2D eigenvalue weighted by molar-refractivity contribution is 7.91. The molecule has 1 fully saturated rings. The maximum absolute atomic E-state index is 13.0. The van der Waals surface area contributed by atoms with Crippen LogP contribution in [0.15, 0.2) is 52.3 Å². The van der Waals surface area contributed by atoms with Gasteiger partial charge in [-0.15, -0.1) is 0 Å². The second-order valence-electron chi connectivity index (χ2n) is 6.24. The molecule has 3 rings (SSSR count). The molecule has 0 radical (unpaired) electrons. The predicted octanol–water partition coefficient (Wildman–Crippen LogP) is 3.50. The number of hydrogen-bond donors (Lipinski definition) is 0. The molecule has 29 heavy (non-hydrogen) atoms. The number of rotatable bonds is 5. The molecular weight excluding hydrogens is 469 g/mol. The molecule has 0 aromatic heterocycles. The van der Waals surface area contributed by atoms with Crippen LogP contribution < -0.4 is 4.90 Å². The molecular formula is C17H16Cl2F2N2O4S2. The van der Waals surface area contributed by atoms with Crippen LogP contribution in [0, 0.1) is 0 Å². The normalized spacial score (nSPS) is 16.4. The Kier molecular flexibility index (Phi) is 6.40. The molecule has 2 aromatic rings. The van der Waals surface area contributed by atoms with Gasteiger partial charge in [-0.1, -0.05) is 35.3 Å². The summed E-state index contributed by atoms with van der Waals surface area (Å²) in [5, 5.41) is 0.253. The average Bonchev–Trinajstić information content (AvgIpc) is 2.69. The van der Waals surface area contributed by atoms with Crippen LogP contribution in [0.5, 0.6) is 0 Å². The van der Waals surface area contributed by atoms with Crippen LogP contribution >= 0.6 is 23.2 Å². The summed E-state index contributed by atoms with van der Waals surface area (Å²) >= 11 is 11.9. The first-order valence-electron chi connectivity index (χ1n) is 8.36. The van der Waals surface area contributed by atoms with E-state index in [2.05, 4.69) is 0 Å². The van der Waals surface area contributed by atoms with E-state index in [1.807, 2.05) is 0 Å². The van der Waals surface area contributed by atoms with Gasteiger partial charge in [-0.2, -0.15) is 13.1 Å². The van der Waals surface area contributed by atoms with Gasteiger partial charge in [-0.3, -0.25) is 0 Å². The highest BCUT2D eigenvalue weighted by Gasteiger charge is 2.34. The summed E-state index contributed by atoms with van der Waals surface area (Å²) in [5.74, 6) is -3.55. The predicted molar refractivity (Wildman–Crippen MR) is 107 cm³/mol. The van der Waals surface area contributed by atoms with Crippen LogP contribution in [0.3, 0.4) is 0 Å². The summed E-state index contributed by atoms with van der Waals surface area (Å²) in [7, 11) is -8.71. The lowest BCUT2D eigenvalue weighted by Gasteiger charge is -2.36. The number of alkyl halides is 2. The number of sulfonamides is 1. The van der Waals surface area contributed by atoms with E-state index in [0.717, 1.165) is 6.07 Å². The molecule has 0 atom stereocenters. The third-order valence-corrected chi connectivity index (χ3v) is 8.54. The van der Waals surface area contributed by atoms with Crippen molar-refractivity contribution in [2.45, 2.75) is 15.5 Å². The third-order valence-electron chi connectivity index (χ3n) is 4.50. The quantitative estimate of drug-likeness (QED) is 0.648. The molecule has 6 nitrogen and oxygen atoms in total. The van der Waals surface area contributed by atoms with Crippen LogP contribution in [0.4, 0.5) is 14.5 Å². The molecule has 1 aliphatic heterocycles. The Bertz CT molecular complexity index is 1120. The summed E-state index contributed by atoms with van der Waals surface area (Å²) in [6.45, 7) is 0.281. The molecule has 158 valence electrons. The first kappa shape index (κ1) is 22.2. The van der Waals surface area contributed by atoms with Gasteiger partial charge in [0.15, 0.2) is 0 Å². The van der Waals surface area contributed by atoms with Gasteiger partial charge in [0, 0.05) is 31.2 Å². The van der Waals surface area contributed by atoms with E-state index in [0.29, 0.717) is 0 Å². The standard InChI is InChI=1S/C17H16Cl2F2N2O4S2/c18-12-5-6-13(19)16(11-12)29(26,27)23-9-7-22(8-10-23)14-3-1-2-4-15(14)28(24,25)17(20)21/h1-6,11,17H,7-10H2. The Morgan fingerprint density at radius 1 is 0.862 bits per heavy atom. The lowest BCUT2D eigenvalue weighted by atomic mass is 10.2. The number of benzene rings is 2. The summed E-state index contributed by atoms with van der Waals surface area (Å²) < 4.78 is 76.9. The molecule has 0 unspecified atom stereocenters. The lowest BCUT2D eigenvalue weighted by molar-refractivity contribution is 0.234. The van der Waals surface area contributed by atoms with Crippen LogP contribution in [-0.4, -0.2) is 53.1 Å². The average molecular weight is 485 g/mol. The minimum atomic E-state index is -4.79. The Labute approximate surface area is 177 Å². The summed E-state index contributed by atoms with van der Waals surface area (Å²) in [6, 6.07) is 9.56. The second-order valence-corrected chi connectivity index (χ2v) is 10.9. The second kappa shape index (κ2) is 8.35. The van der Waals surface area contributed by atoms with Crippen molar-refractivity contribution >= 4 is 48.7 Å². The maximum atomic E-state index is 13.0. The Morgan fingerprint density at radius 2 is 1.48 bits per heavy atom. The van der Waals surface area contributed by atoms with Crippen molar-refractivity contribution in [3.8, 4) is 0 Å². The molecule has 12 heteroatoms. The molecule has 1 saturated heterocycles. The van der Waals surface area contributed by atoms with E-state index < -0.39 is 30.5 Å². The molecule has 0 bridgehead atoms. The topological polar surface area (TPSA) is 74.8 Å². The number of halogens is 4. The zero-order chi connectivity index (χ0) is 21.4. The third kappa shape index (κ3) is 4.36. The molecule has 1 heterocycles. The van der Waals surface area contributed by atoms with E-state index in [9.17, 15) is 25.6 Å². The van der Waals surface area contributed by atoms with Crippen molar-refractivity contribution < 1.29 is 25.6 Å². The lowest BCUT2D eigenvalue weighted by Crippen LogP contribution is -2.49. The molecule has 0 N–H and O–H groups in total. The van der Waals surface area contributed by atoms with E-state index in [-0.39, 0.29) is 46.8 Å². The van der Waals surface area contributed by atoms with Gasteiger partial charge in [0.2, 0.25) is 19.9 Å². The zero-order valence-electron chi connectivity index (χ0n) is 14.8. The van der Waals surface area contributed by atoms with Gasteiger partial charge < -0.3 is 4.90 Å². The zero-order valence-corrected chi connectivity index (χ0v) is 17.9. The number of anilines is 1. The number of sulfone groups is 1. The van der Waals surface area contributed by atoms with Crippen molar-refractivity contribution in [3.63, 3.8) is 0 Å². The molecule has 0 amide bonds. The molecule has 0 saturated carbocycles. The number of nitrogens with zero attached hydrogens (tertiary/aromatic N) is 2. The first-order chi connectivity index (χ1) is 13.5. The van der Waals surface area contributed by atoms with Gasteiger partial charge in [0.25, 0.3) is 0 Å². The van der Waals surface area contributed by atoms with Crippen molar-refractivity contribution in [2.24, 2.45) is 0 Å². The molecule has 2 aromatic carbocycles. The van der Waals surface area contributed by atoms with Crippen molar-refractivity contribution in [1.29, 1.82) is 0 Å². The fraction of sp³-hybridized carbons (Fsp3) is 0.294. The van der Waals surface area contributed by atoms with Crippen molar-refractivity contribution in [3.05, 3.63) is 52.5 Å². The van der Waals surface area contributed by atoms with E-state index in [1.165, 1.54) is 40.7 Å². The Morgan fingerprint density at radius 3 is 2.10 bits per heavy atom. The number of hydrogen-bond acceptors (Lipinski definition) is 5. The minimum Gasteiger partial charge on any atom is -0.368 e. The van der Waals surface area contributed by atoms with Crippen LogP contribution in [-0.2, 0) is 19.9 Å². The van der Waals surface area contributed by atoms with Crippen LogP contribution in [0.25, 0.3) is 0 Å². The SMILES string of the molecule is O=S(=O)(c1ccccc1N1CCN(S(=O)(=O)c2cc(Cl)ccc2Cl)CC1)C(F)F. The van der Waals surface area contributed by atoms with Crippen LogP contribution in [0.1, 0.15) is 0 Å². The maximum Gasteiger partial charge on any atom is 0.341 e. The van der Waals surface area contributed by atoms with E-state index in [4.69, 9.17) is 23.2 Å². The number of para-hydroxylation sites is 1. The Hall–Kier alpha value is -1.46. The van der Waals surface area contributed by atoms with Gasteiger partial charge in [0.1, 0.15) is 4.90 Å². The molecule has 0 spiro atoms. The first-order valence-corrected chi connectivity index (χ1v) is 12.1. The fourth-order valence-electron chi connectivity index (χ4n) is 3.04. The van der Waals surface area contributed by atoms with Crippen molar-refractivity contribution in [2.75, 3.05) is 31.1 Å². The van der Waals surface area contributed by atoms with Gasteiger partial charge in [0.05, 0.1) is 15.6 Å². The van der Waals surface area contributed by atoms with Crippen molar-refractivity contribution in [1.82, 2.24) is 4.31 Å². The summed E-state index contributed by atoms with van der Waals surface area (Å²) in [4.78, 5) is 0.964. The minimum absolute atomic E-state index is 0.0221. The van der Waals surface area contributed by atoms with Gasteiger partial charge in [-0.05, 0) is 30.3 Å². The number of piperazine rings is 1. The van der Waals surface area contributed by atoms with E-state index >= 15 is 0 Å². The van der Waals surface area contributed by atoms with E-state index in [1.54, 1.807) is 4.90 Å². The molecule has 0 aliphatic carbocycles. The highest BCUT2D eigenvalue weighted by atomic mass is 35.5. The largest absolute Gasteiger partial charge is 0.368 e.